The second kappa shape index (κ2) is 6.49. The van der Waals surface area contributed by atoms with Crippen molar-refractivity contribution in [2.24, 2.45) is 5.92 Å². The average molecular weight is 347 g/mol. The summed E-state index contributed by atoms with van der Waals surface area (Å²) >= 11 is 0. The molecule has 3 aliphatic rings. The van der Waals surface area contributed by atoms with Crippen LogP contribution >= 0.6 is 0 Å². The van der Waals surface area contributed by atoms with Crippen LogP contribution in [0, 0.1) is 5.92 Å². The number of aromatic nitrogens is 3. The van der Waals surface area contributed by atoms with E-state index in [9.17, 15) is 0 Å². The monoisotopic (exact) mass is 347 g/mol. The van der Waals surface area contributed by atoms with Crippen LogP contribution in [0.15, 0.2) is 48.8 Å². The van der Waals surface area contributed by atoms with E-state index in [0.717, 1.165) is 30.5 Å². The van der Waals surface area contributed by atoms with Crippen LogP contribution in [-0.2, 0) is 6.54 Å². The van der Waals surface area contributed by atoms with Gasteiger partial charge in [0.2, 0.25) is 5.78 Å². The van der Waals surface area contributed by atoms with Gasteiger partial charge in [-0.3, -0.25) is 9.30 Å². The zero-order valence-corrected chi connectivity index (χ0v) is 15.3. The van der Waals surface area contributed by atoms with Gasteiger partial charge in [-0.15, -0.1) is 0 Å². The molecule has 0 saturated carbocycles. The van der Waals surface area contributed by atoms with E-state index in [1.807, 2.05) is 12.3 Å². The molecule has 5 nitrogen and oxygen atoms in total. The molecule has 0 N–H and O–H groups in total. The number of nitrogens with zero attached hydrogens (tertiary/aromatic N) is 5. The van der Waals surface area contributed by atoms with Gasteiger partial charge in [-0.1, -0.05) is 30.3 Å². The lowest BCUT2D eigenvalue weighted by atomic mass is 9.96. The summed E-state index contributed by atoms with van der Waals surface area (Å²) in [5, 5.41) is 0. The van der Waals surface area contributed by atoms with Crippen LogP contribution in [0.2, 0.25) is 0 Å². The number of hydrogen-bond donors (Lipinski definition) is 0. The standard InChI is InChI=1S/C21H25N5/c1-24-12-16-8-9-18(24)14-25(13-16)15-19-20(17-6-3-2-4-7-17)23-21-22-10-5-11-26(19)21/h2-7,10-11,16,18H,8-9,12-15H2,1H3/t16-,18-/m1/s1. The summed E-state index contributed by atoms with van der Waals surface area (Å²) in [7, 11) is 2.29. The van der Waals surface area contributed by atoms with Crippen LogP contribution in [-0.4, -0.2) is 56.9 Å². The number of likely N-dealkylation sites (N-methyl/N-ethyl adjacent to an activating group) is 1. The Kier molecular flexibility index (Phi) is 3.98. The molecule has 3 aliphatic heterocycles. The lowest BCUT2D eigenvalue weighted by Crippen LogP contribution is -2.41. The fourth-order valence-corrected chi connectivity index (χ4v) is 4.67. The maximum Gasteiger partial charge on any atom is 0.234 e. The highest BCUT2D eigenvalue weighted by Crippen LogP contribution is 2.30. The van der Waals surface area contributed by atoms with E-state index >= 15 is 0 Å². The summed E-state index contributed by atoms with van der Waals surface area (Å²) in [6.07, 6.45) is 6.61. The predicted molar refractivity (Wildman–Crippen MR) is 103 cm³/mol. The van der Waals surface area contributed by atoms with E-state index in [-0.39, 0.29) is 0 Å². The first-order chi connectivity index (χ1) is 12.8. The van der Waals surface area contributed by atoms with E-state index in [1.165, 1.54) is 37.2 Å². The number of piperidine rings is 1. The molecule has 5 heterocycles. The Bertz CT molecular complexity index is 903. The average Bonchev–Trinajstić information content (AvgIpc) is 2.80. The highest BCUT2D eigenvalue weighted by atomic mass is 15.3. The van der Waals surface area contributed by atoms with Crippen molar-refractivity contribution in [1.29, 1.82) is 0 Å². The summed E-state index contributed by atoms with van der Waals surface area (Å²) in [5.74, 6) is 1.58. The molecule has 1 aromatic carbocycles. The molecule has 0 amide bonds. The third-order valence-electron chi connectivity index (χ3n) is 5.99. The van der Waals surface area contributed by atoms with Gasteiger partial charge in [0, 0.05) is 50.2 Å². The van der Waals surface area contributed by atoms with Crippen LogP contribution in [0.4, 0.5) is 0 Å². The second-order valence-corrected chi connectivity index (χ2v) is 7.79. The van der Waals surface area contributed by atoms with Crippen molar-refractivity contribution >= 4 is 5.78 Å². The number of benzene rings is 1. The molecule has 0 aliphatic carbocycles. The fraction of sp³-hybridized carbons (Fsp3) is 0.429. The van der Waals surface area contributed by atoms with Crippen molar-refractivity contribution in [3.8, 4) is 11.3 Å². The summed E-state index contributed by atoms with van der Waals surface area (Å²) in [6, 6.07) is 13.2. The number of imidazole rings is 1. The zero-order chi connectivity index (χ0) is 17.5. The minimum Gasteiger partial charge on any atom is -0.302 e. The molecular formula is C21H25N5. The van der Waals surface area contributed by atoms with Gasteiger partial charge >= 0.3 is 0 Å². The van der Waals surface area contributed by atoms with E-state index in [0.29, 0.717) is 6.04 Å². The van der Waals surface area contributed by atoms with Gasteiger partial charge in [0.25, 0.3) is 0 Å². The highest BCUT2D eigenvalue weighted by molar-refractivity contribution is 5.65. The molecule has 0 spiro atoms. The molecule has 2 bridgehead atoms. The van der Waals surface area contributed by atoms with Gasteiger partial charge in [-0.25, -0.2) is 9.97 Å². The molecule has 0 unspecified atom stereocenters. The molecule has 26 heavy (non-hydrogen) atoms. The Labute approximate surface area is 154 Å². The molecule has 6 rings (SSSR count). The zero-order valence-electron chi connectivity index (χ0n) is 15.3. The SMILES string of the molecule is CN1C[C@H]2CC[C@@H]1CN(Cc1c(-c3ccccc3)nc3ncccn13)C2. The Hall–Kier alpha value is -2.24. The smallest absolute Gasteiger partial charge is 0.234 e. The van der Waals surface area contributed by atoms with E-state index in [1.54, 1.807) is 0 Å². The van der Waals surface area contributed by atoms with Crippen molar-refractivity contribution in [3.05, 3.63) is 54.5 Å². The molecule has 3 saturated heterocycles. The first-order valence-electron chi connectivity index (χ1n) is 9.58. The topological polar surface area (TPSA) is 36.7 Å². The Morgan fingerprint density at radius 1 is 1.04 bits per heavy atom. The van der Waals surface area contributed by atoms with E-state index < -0.39 is 0 Å². The van der Waals surface area contributed by atoms with Crippen LogP contribution in [0.1, 0.15) is 18.5 Å². The van der Waals surface area contributed by atoms with Gasteiger partial charge < -0.3 is 4.90 Å². The molecular weight excluding hydrogens is 322 g/mol. The van der Waals surface area contributed by atoms with Crippen molar-refractivity contribution < 1.29 is 0 Å². The second-order valence-electron chi connectivity index (χ2n) is 7.79. The molecule has 5 heteroatoms. The van der Waals surface area contributed by atoms with Gasteiger partial charge in [0.15, 0.2) is 0 Å². The van der Waals surface area contributed by atoms with Gasteiger partial charge in [0.05, 0.1) is 11.4 Å². The summed E-state index contributed by atoms with van der Waals surface area (Å²) in [4.78, 5) is 14.5. The van der Waals surface area contributed by atoms with Gasteiger partial charge in [-0.2, -0.15) is 0 Å². The van der Waals surface area contributed by atoms with E-state index in [4.69, 9.17) is 4.98 Å². The Balaban J connectivity index is 1.54. The Morgan fingerprint density at radius 2 is 1.92 bits per heavy atom. The Morgan fingerprint density at radius 3 is 2.77 bits per heavy atom. The molecule has 134 valence electrons. The summed E-state index contributed by atoms with van der Waals surface area (Å²) < 4.78 is 2.17. The van der Waals surface area contributed by atoms with Crippen molar-refractivity contribution in [1.82, 2.24) is 24.2 Å². The van der Waals surface area contributed by atoms with Crippen LogP contribution < -0.4 is 0 Å². The highest BCUT2D eigenvalue weighted by Gasteiger charge is 2.33. The predicted octanol–water partition coefficient (Wildman–Crippen LogP) is 2.92. The number of hydrogen-bond acceptors (Lipinski definition) is 4. The fourth-order valence-electron chi connectivity index (χ4n) is 4.67. The molecule has 0 radical (unpaired) electrons. The van der Waals surface area contributed by atoms with Crippen LogP contribution in [0.5, 0.6) is 0 Å². The summed E-state index contributed by atoms with van der Waals surface area (Å²) in [6.45, 7) is 4.50. The minimum absolute atomic E-state index is 0.686. The number of rotatable bonds is 3. The maximum absolute atomic E-state index is 4.86. The minimum atomic E-state index is 0.686. The quantitative estimate of drug-likeness (QED) is 0.730. The summed E-state index contributed by atoms with van der Waals surface area (Å²) in [5.41, 5.74) is 3.49. The first kappa shape index (κ1) is 16.0. The molecule has 2 aromatic heterocycles. The third kappa shape index (κ3) is 2.81. The van der Waals surface area contributed by atoms with Crippen molar-refractivity contribution in [2.45, 2.75) is 25.4 Å². The van der Waals surface area contributed by atoms with Gasteiger partial charge in [0.1, 0.15) is 0 Å². The van der Waals surface area contributed by atoms with Gasteiger partial charge in [-0.05, 0) is 31.9 Å². The first-order valence-corrected chi connectivity index (χ1v) is 9.58. The number of fused-ring (bicyclic) bond motifs is 5. The normalized spacial score (nSPS) is 24.2. The lowest BCUT2D eigenvalue weighted by molar-refractivity contribution is 0.165. The molecule has 3 fully saturated rings. The van der Waals surface area contributed by atoms with Crippen molar-refractivity contribution in [2.75, 3.05) is 26.7 Å². The van der Waals surface area contributed by atoms with Crippen molar-refractivity contribution in [3.63, 3.8) is 0 Å². The van der Waals surface area contributed by atoms with Crippen LogP contribution in [0.25, 0.3) is 17.0 Å². The third-order valence-corrected chi connectivity index (χ3v) is 5.99. The molecule has 2 atom stereocenters. The molecule has 3 aromatic rings. The van der Waals surface area contributed by atoms with Crippen LogP contribution in [0.3, 0.4) is 0 Å². The maximum atomic E-state index is 4.86. The lowest BCUT2D eigenvalue weighted by Gasteiger charge is -2.32. The van der Waals surface area contributed by atoms with E-state index in [2.05, 4.69) is 62.8 Å². The largest absolute Gasteiger partial charge is 0.302 e.